The molecule has 0 radical (unpaired) electrons. The fraction of sp³-hybridized carbons (Fsp3) is 0.500. The molecule has 0 aromatic heterocycles. The largest absolute Gasteiger partial charge is 0.331 e. The second kappa shape index (κ2) is 10.6. The molecule has 1 spiro atoms. The van der Waals surface area contributed by atoms with Crippen molar-refractivity contribution >= 4 is 23.3 Å². The number of urea groups is 1. The van der Waals surface area contributed by atoms with Gasteiger partial charge in [0.1, 0.15) is 17.9 Å². The van der Waals surface area contributed by atoms with Crippen LogP contribution in [0, 0.1) is 5.82 Å². The van der Waals surface area contributed by atoms with E-state index in [2.05, 4.69) is 28.1 Å². The van der Waals surface area contributed by atoms with Crippen LogP contribution in [0.25, 0.3) is 0 Å². The number of quaternary nitrogens is 2. The third kappa shape index (κ3) is 5.25. The Kier molecular flexibility index (Phi) is 7.25. The zero-order valence-corrected chi connectivity index (χ0v) is 21.1. The highest BCUT2D eigenvalue weighted by Gasteiger charge is 2.58. The first-order valence-electron chi connectivity index (χ1n) is 13.3. The van der Waals surface area contributed by atoms with Gasteiger partial charge in [0.25, 0.3) is 0 Å². The van der Waals surface area contributed by atoms with Crippen molar-refractivity contribution in [1.29, 1.82) is 0 Å². The van der Waals surface area contributed by atoms with Crippen LogP contribution in [-0.4, -0.2) is 42.8 Å². The molecule has 5 N–H and O–H groups in total. The summed E-state index contributed by atoms with van der Waals surface area (Å²) in [6.07, 6.45) is 7.86. The molecule has 2 aromatic carbocycles. The monoisotopic (exact) mass is 495 g/mol. The number of amides is 3. The number of hydrogen-bond donors (Lipinski definition) is 4. The summed E-state index contributed by atoms with van der Waals surface area (Å²) in [5, 5.41) is 8.50. The Labute approximate surface area is 212 Å². The minimum atomic E-state index is -0.374. The molecule has 7 nitrogen and oxygen atoms in total. The Morgan fingerprint density at radius 2 is 1.86 bits per heavy atom. The molecule has 3 aliphatic rings. The minimum absolute atomic E-state index is 0.0325. The quantitative estimate of drug-likeness (QED) is 0.495. The standard InChI is InChI=1S/C28H36FN5O2/c1-20(35)30-24-12-10-21(11-13-24)19-33-16-14-28(15-17-33)26(31-23-7-3-2-4-8-23)32-27(36)34(28)25-9-5-6-22(29)18-25/h5-6,9-13,18,23,26,31H,2-4,7-8,14-17,19H2,1H3,(H,30,35)(H,32,36)/p+2/t26-/m0/s1. The maximum absolute atomic E-state index is 14.2. The van der Waals surface area contributed by atoms with Crippen LogP contribution in [0.4, 0.5) is 20.6 Å². The molecule has 2 heterocycles. The van der Waals surface area contributed by atoms with E-state index in [0.29, 0.717) is 11.7 Å². The number of benzene rings is 2. The number of halogens is 1. The Morgan fingerprint density at radius 1 is 1.14 bits per heavy atom. The van der Waals surface area contributed by atoms with E-state index < -0.39 is 0 Å². The number of carbonyl (C=O) groups is 2. The van der Waals surface area contributed by atoms with E-state index in [1.165, 1.54) is 61.6 Å². The van der Waals surface area contributed by atoms with Crippen LogP contribution < -0.4 is 25.8 Å². The highest BCUT2D eigenvalue weighted by molar-refractivity contribution is 5.96. The van der Waals surface area contributed by atoms with Gasteiger partial charge in [-0.15, -0.1) is 0 Å². The van der Waals surface area contributed by atoms with Crippen molar-refractivity contribution in [2.75, 3.05) is 23.3 Å². The smallest absolute Gasteiger partial charge is 0.327 e. The molecule has 2 aliphatic heterocycles. The predicted octanol–water partition coefficient (Wildman–Crippen LogP) is 2.15. The third-order valence-corrected chi connectivity index (χ3v) is 8.24. The van der Waals surface area contributed by atoms with Crippen molar-refractivity contribution < 1.29 is 24.2 Å². The molecule has 5 rings (SSSR count). The van der Waals surface area contributed by atoms with Gasteiger partial charge in [-0.05, 0) is 56.0 Å². The molecular weight excluding hydrogens is 457 g/mol. The summed E-state index contributed by atoms with van der Waals surface area (Å²) >= 11 is 0. The first kappa shape index (κ1) is 24.7. The number of piperidine rings is 1. The molecule has 2 saturated heterocycles. The molecule has 0 bridgehead atoms. The van der Waals surface area contributed by atoms with Gasteiger partial charge in [-0.3, -0.25) is 15.0 Å². The minimum Gasteiger partial charge on any atom is -0.331 e. The third-order valence-electron chi connectivity index (χ3n) is 8.24. The van der Waals surface area contributed by atoms with Crippen molar-refractivity contribution in [2.24, 2.45) is 0 Å². The Hall–Kier alpha value is -2.97. The Balaban J connectivity index is 1.33. The second-order valence-electron chi connectivity index (χ2n) is 10.7. The Morgan fingerprint density at radius 3 is 2.53 bits per heavy atom. The predicted molar refractivity (Wildman–Crippen MR) is 137 cm³/mol. The number of nitrogens with two attached hydrogens (primary N) is 1. The molecule has 1 atom stereocenters. The molecule has 1 saturated carbocycles. The summed E-state index contributed by atoms with van der Waals surface area (Å²) in [5.74, 6) is -0.391. The highest BCUT2D eigenvalue weighted by Crippen LogP contribution is 2.36. The first-order chi connectivity index (χ1) is 17.4. The van der Waals surface area contributed by atoms with Crippen LogP contribution in [0.15, 0.2) is 48.5 Å². The van der Waals surface area contributed by atoms with Crippen molar-refractivity contribution in [3.63, 3.8) is 0 Å². The van der Waals surface area contributed by atoms with E-state index in [1.54, 1.807) is 6.07 Å². The average molecular weight is 496 g/mol. The van der Waals surface area contributed by atoms with Crippen molar-refractivity contribution in [2.45, 2.75) is 76.2 Å². The van der Waals surface area contributed by atoms with Crippen molar-refractivity contribution in [3.8, 4) is 0 Å². The number of nitrogens with zero attached hydrogens (tertiary/aromatic N) is 1. The van der Waals surface area contributed by atoms with E-state index in [9.17, 15) is 14.0 Å². The van der Waals surface area contributed by atoms with Gasteiger partial charge < -0.3 is 15.5 Å². The van der Waals surface area contributed by atoms with Gasteiger partial charge >= 0.3 is 6.03 Å². The topological polar surface area (TPSA) is 82.5 Å². The molecular formula is C28H38FN5O2+2. The molecule has 0 unspecified atom stereocenters. The lowest BCUT2D eigenvalue weighted by atomic mass is 9.82. The van der Waals surface area contributed by atoms with Gasteiger partial charge in [0.05, 0.1) is 19.1 Å². The van der Waals surface area contributed by atoms with Gasteiger partial charge in [0.15, 0.2) is 6.17 Å². The number of likely N-dealkylation sites (tertiary alicyclic amines) is 1. The van der Waals surface area contributed by atoms with Gasteiger partial charge in [0, 0.05) is 36.7 Å². The molecule has 8 heteroatoms. The van der Waals surface area contributed by atoms with Crippen molar-refractivity contribution in [1.82, 2.24) is 5.32 Å². The number of nitrogens with one attached hydrogen (secondary N) is 3. The summed E-state index contributed by atoms with van der Waals surface area (Å²) in [6, 6.07) is 14.9. The van der Waals surface area contributed by atoms with E-state index in [-0.39, 0.29) is 29.5 Å². The lowest BCUT2D eigenvalue weighted by molar-refractivity contribution is -0.921. The lowest BCUT2D eigenvalue weighted by Gasteiger charge is -2.44. The first-order valence-corrected chi connectivity index (χ1v) is 13.3. The SMILES string of the molecule is CC(=O)Nc1ccc(C[NH+]2CCC3(CC2)[C@@H]([NH2+]C2CCCCC2)NC(=O)N3c2cccc(F)c2)cc1. The van der Waals surface area contributed by atoms with Gasteiger partial charge in [-0.25, -0.2) is 9.18 Å². The van der Waals surface area contributed by atoms with E-state index in [0.717, 1.165) is 38.2 Å². The summed E-state index contributed by atoms with van der Waals surface area (Å²) in [6.45, 7) is 4.28. The van der Waals surface area contributed by atoms with Gasteiger partial charge in [-0.1, -0.05) is 24.6 Å². The lowest BCUT2D eigenvalue weighted by Crippen LogP contribution is -3.13. The summed E-state index contributed by atoms with van der Waals surface area (Å²) in [7, 11) is 0. The van der Waals surface area contributed by atoms with E-state index >= 15 is 0 Å². The fourth-order valence-electron chi connectivity index (χ4n) is 6.43. The average Bonchev–Trinajstić information content (AvgIpc) is 3.12. The van der Waals surface area contributed by atoms with E-state index in [4.69, 9.17) is 0 Å². The van der Waals surface area contributed by atoms with E-state index in [1.807, 2.05) is 23.1 Å². The second-order valence-corrected chi connectivity index (χ2v) is 10.7. The van der Waals surface area contributed by atoms with Crippen LogP contribution in [0.2, 0.25) is 0 Å². The maximum atomic E-state index is 14.2. The normalized spacial score (nSPS) is 26.7. The molecule has 1 aliphatic carbocycles. The summed E-state index contributed by atoms with van der Waals surface area (Å²) in [5.41, 5.74) is 2.30. The van der Waals surface area contributed by atoms with Gasteiger partial charge in [-0.2, -0.15) is 0 Å². The van der Waals surface area contributed by atoms with Crippen LogP contribution >= 0.6 is 0 Å². The number of rotatable bonds is 6. The number of carbonyl (C=O) groups excluding carboxylic acids is 2. The number of hydrogen-bond acceptors (Lipinski definition) is 2. The Bertz CT molecular complexity index is 1080. The zero-order valence-electron chi connectivity index (χ0n) is 21.1. The molecule has 3 fully saturated rings. The van der Waals surface area contributed by atoms with Crippen LogP contribution in [0.3, 0.4) is 0 Å². The summed E-state index contributed by atoms with van der Waals surface area (Å²) < 4.78 is 14.2. The fourth-order valence-corrected chi connectivity index (χ4v) is 6.43. The van der Waals surface area contributed by atoms with Crippen LogP contribution in [0.5, 0.6) is 0 Å². The van der Waals surface area contributed by atoms with Crippen LogP contribution in [0.1, 0.15) is 57.4 Å². The molecule has 2 aromatic rings. The highest BCUT2D eigenvalue weighted by atomic mass is 19.1. The number of anilines is 2. The molecule has 192 valence electrons. The summed E-state index contributed by atoms with van der Waals surface area (Å²) in [4.78, 5) is 28.0. The van der Waals surface area contributed by atoms with Crippen molar-refractivity contribution in [3.05, 3.63) is 59.9 Å². The molecule has 3 amide bonds. The molecule has 36 heavy (non-hydrogen) atoms. The van der Waals surface area contributed by atoms with Gasteiger partial charge in [0.2, 0.25) is 5.91 Å². The van der Waals surface area contributed by atoms with Crippen LogP contribution in [-0.2, 0) is 11.3 Å². The maximum Gasteiger partial charge on any atom is 0.327 e. The zero-order chi connectivity index (χ0) is 25.1.